The molecule has 1 fully saturated rings. The van der Waals surface area contributed by atoms with Gasteiger partial charge in [-0.2, -0.15) is 13.2 Å². The molecule has 1 aromatic rings. The molecule has 0 bridgehead atoms. The van der Waals surface area contributed by atoms with Crippen LogP contribution in [0.4, 0.5) is 19.0 Å². The largest absolute Gasteiger partial charge is 0.417 e. The van der Waals surface area contributed by atoms with Gasteiger partial charge < -0.3 is 15.0 Å². The fourth-order valence-electron chi connectivity index (χ4n) is 2.52. The molecule has 104 valence electrons. The van der Waals surface area contributed by atoms with Gasteiger partial charge in [-0.1, -0.05) is 0 Å². The highest BCUT2D eigenvalue weighted by molar-refractivity contribution is 5.50. The minimum absolute atomic E-state index is 0.138. The lowest BCUT2D eigenvalue weighted by atomic mass is 10.1. The summed E-state index contributed by atoms with van der Waals surface area (Å²) < 4.78 is 43.5. The number of halogens is 3. The normalized spacial score (nSPS) is 23.5. The Morgan fingerprint density at radius 1 is 1.42 bits per heavy atom. The topological polar surface area (TPSA) is 37.4 Å². The molecule has 3 rings (SSSR count). The highest BCUT2D eigenvalue weighted by Crippen LogP contribution is 2.33. The third-order valence-corrected chi connectivity index (χ3v) is 3.46. The second-order valence-electron chi connectivity index (χ2n) is 4.77. The Hall–Kier alpha value is -1.34. The maximum Gasteiger partial charge on any atom is 0.417 e. The lowest BCUT2D eigenvalue weighted by Gasteiger charge is -2.35. The fourth-order valence-corrected chi connectivity index (χ4v) is 2.52. The number of pyridine rings is 1. The van der Waals surface area contributed by atoms with Gasteiger partial charge in [0.05, 0.1) is 24.8 Å². The summed E-state index contributed by atoms with van der Waals surface area (Å²) in [6.07, 6.45) is -3.46. The zero-order chi connectivity index (χ0) is 13.5. The number of aromatic nitrogens is 1. The summed E-state index contributed by atoms with van der Waals surface area (Å²) in [5, 5.41) is 3.25. The maximum atomic E-state index is 12.7. The number of anilines is 1. The van der Waals surface area contributed by atoms with Gasteiger partial charge in [-0.15, -0.1) is 0 Å². The van der Waals surface area contributed by atoms with Crippen molar-refractivity contribution in [2.75, 3.05) is 31.1 Å². The van der Waals surface area contributed by atoms with Gasteiger partial charge in [0, 0.05) is 31.4 Å². The molecule has 0 spiro atoms. The molecule has 7 heteroatoms. The number of hydrogen-bond acceptors (Lipinski definition) is 4. The van der Waals surface area contributed by atoms with Crippen LogP contribution < -0.4 is 10.2 Å². The van der Waals surface area contributed by atoms with Crippen molar-refractivity contribution in [2.45, 2.75) is 18.8 Å². The van der Waals surface area contributed by atoms with Gasteiger partial charge in [0.25, 0.3) is 0 Å². The van der Waals surface area contributed by atoms with Crippen molar-refractivity contribution in [3.63, 3.8) is 0 Å². The Kier molecular flexibility index (Phi) is 3.10. The van der Waals surface area contributed by atoms with Gasteiger partial charge in [0.15, 0.2) is 0 Å². The van der Waals surface area contributed by atoms with Crippen molar-refractivity contribution in [3.8, 4) is 0 Å². The molecule has 3 heterocycles. The molecule has 2 aliphatic rings. The summed E-state index contributed by atoms with van der Waals surface area (Å²) in [6, 6.07) is 1.28. The van der Waals surface area contributed by atoms with E-state index in [4.69, 9.17) is 4.74 Å². The van der Waals surface area contributed by atoms with Crippen LogP contribution in [0.2, 0.25) is 0 Å². The molecule has 1 atom stereocenters. The van der Waals surface area contributed by atoms with Crippen molar-refractivity contribution in [2.24, 2.45) is 0 Å². The maximum absolute atomic E-state index is 12.7. The van der Waals surface area contributed by atoms with E-state index in [2.05, 4.69) is 10.3 Å². The average Bonchev–Trinajstić information content (AvgIpc) is 2.56. The number of nitrogens with zero attached hydrogens (tertiary/aromatic N) is 2. The van der Waals surface area contributed by atoms with Crippen LogP contribution in [0.5, 0.6) is 0 Å². The average molecular weight is 273 g/mol. The first-order valence-corrected chi connectivity index (χ1v) is 6.17. The lowest BCUT2D eigenvalue weighted by molar-refractivity contribution is -0.137. The van der Waals surface area contributed by atoms with Crippen LogP contribution in [0.25, 0.3) is 0 Å². The van der Waals surface area contributed by atoms with E-state index in [1.165, 1.54) is 0 Å². The van der Waals surface area contributed by atoms with E-state index < -0.39 is 11.7 Å². The zero-order valence-corrected chi connectivity index (χ0v) is 10.2. The summed E-state index contributed by atoms with van der Waals surface area (Å²) in [7, 11) is 0. The summed E-state index contributed by atoms with van der Waals surface area (Å²) >= 11 is 0. The Bertz CT molecular complexity index is 478. The number of piperazine rings is 1. The van der Waals surface area contributed by atoms with E-state index in [0.717, 1.165) is 31.9 Å². The van der Waals surface area contributed by atoms with Gasteiger partial charge in [-0.25, -0.2) is 4.98 Å². The summed E-state index contributed by atoms with van der Waals surface area (Å²) in [4.78, 5) is 6.07. The molecule has 2 aliphatic heterocycles. The predicted octanol–water partition coefficient (Wildman–Crippen LogP) is 1.41. The summed E-state index contributed by atoms with van der Waals surface area (Å²) in [6.45, 7) is 2.99. The van der Waals surface area contributed by atoms with Crippen molar-refractivity contribution < 1.29 is 17.9 Å². The molecule has 1 saturated heterocycles. The number of alkyl halides is 3. The van der Waals surface area contributed by atoms with E-state index in [1.54, 1.807) is 0 Å². The van der Waals surface area contributed by atoms with Crippen LogP contribution in [0, 0.1) is 0 Å². The molecule has 0 unspecified atom stereocenters. The molecule has 1 aromatic heterocycles. The highest BCUT2D eigenvalue weighted by atomic mass is 19.4. The number of hydrogen-bond donors (Lipinski definition) is 1. The minimum atomic E-state index is -4.36. The van der Waals surface area contributed by atoms with Gasteiger partial charge in [-0.3, -0.25) is 0 Å². The molecule has 0 radical (unpaired) electrons. The van der Waals surface area contributed by atoms with E-state index in [0.29, 0.717) is 18.0 Å². The smallest absolute Gasteiger partial charge is 0.374 e. The van der Waals surface area contributed by atoms with Gasteiger partial charge >= 0.3 is 6.18 Å². The first-order chi connectivity index (χ1) is 9.05. The van der Waals surface area contributed by atoms with E-state index >= 15 is 0 Å². The van der Waals surface area contributed by atoms with Crippen LogP contribution in [-0.4, -0.2) is 37.3 Å². The van der Waals surface area contributed by atoms with E-state index in [-0.39, 0.29) is 12.6 Å². The highest BCUT2D eigenvalue weighted by Gasteiger charge is 2.34. The number of ether oxygens (including phenoxy) is 1. The third kappa shape index (κ3) is 2.40. The second kappa shape index (κ2) is 4.64. The first kappa shape index (κ1) is 12.7. The molecular weight excluding hydrogens is 259 g/mol. The van der Waals surface area contributed by atoms with Crippen LogP contribution in [0.1, 0.15) is 11.1 Å². The number of rotatable bonds is 0. The van der Waals surface area contributed by atoms with Crippen molar-refractivity contribution >= 4 is 5.82 Å². The Balaban J connectivity index is 1.99. The lowest BCUT2D eigenvalue weighted by Crippen LogP contribution is -2.53. The monoisotopic (exact) mass is 273 g/mol. The molecule has 19 heavy (non-hydrogen) atoms. The van der Waals surface area contributed by atoms with Gasteiger partial charge in [0.1, 0.15) is 5.82 Å². The van der Waals surface area contributed by atoms with Gasteiger partial charge in [-0.05, 0) is 6.07 Å². The molecule has 0 aliphatic carbocycles. The molecule has 0 amide bonds. The van der Waals surface area contributed by atoms with Crippen molar-refractivity contribution in [3.05, 3.63) is 23.4 Å². The number of nitrogens with one attached hydrogen (secondary N) is 1. The molecule has 4 nitrogen and oxygen atoms in total. The van der Waals surface area contributed by atoms with Crippen molar-refractivity contribution in [1.82, 2.24) is 10.3 Å². The standard InChI is InChI=1S/C12H14F3N3O/c13-12(14,15)9-3-8-6-19-7-10-5-16-1-2-18(10)11(8)17-4-9/h3-4,10,16H,1-2,5-7H2/t10-/m1/s1. The fraction of sp³-hybridized carbons (Fsp3) is 0.583. The van der Waals surface area contributed by atoms with Crippen molar-refractivity contribution in [1.29, 1.82) is 0 Å². The predicted molar refractivity (Wildman–Crippen MR) is 62.9 cm³/mol. The van der Waals surface area contributed by atoms with Gasteiger partial charge in [0.2, 0.25) is 0 Å². The third-order valence-electron chi connectivity index (χ3n) is 3.46. The summed E-state index contributed by atoms with van der Waals surface area (Å²) in [5.41, 5.74) is -0.206. The van der Waals surface area contributed by atoms with Crippen LogP contribution in [0.15, 0.2) is 12.3 Å². The first-order valence-electron chi connectivity index (χ1n) is 6.17. The second-order valence-corrected chi connectivity index (χ2v) is 4.77. The van der Waals surface area contributed by atoms with E-state index in [9.17, 15) is 13.2 Å². The number of fused-ring (bicyclic) bond motifs is 3. The van der Waals surface area contributed by atoms with E-state index in [1.807, 2.05) is 4.90 Å². The molecule has 0 aromatic carbocycles. The van der Waals surface area contributed by atoms with Crippen LogP contribution in [-0.2, 0) is 17.5 Å². The Morgan fingerprint density at radius 3 is 3.05 bits per heavy atom. The molecule has 1 N–H and O–H groups in total. The Labute approximate surface area is 108 Å². The zero-order valence-electron chi connectivity index (χ0n) is 10.2. The van der Waals surface area contributed by atoms with Crippen LogP contribution >= 0.6 is 0 Å². The summed E-state index contributed by atoms with van der Waals surface area (Å²) in [5.74, 6) is 0.622. The molecule has 0 saturated carbocycles. The molecular formula is C12H14F3N3O. The van der Waals surface area contributed by atoms with Crippen LogP contribution in [0.3, 0.4) is 0 Å². The SMILES string of the molecule is FC(F)(F)c1cnc2c(c1)COC[C@H]1CNCCN21. The Morgan fingerprint density at radius 2 is 2.26 bits per heavy atom. The minimum Gasteiger partial charge on any atom is -0.374 e. The quantitative estimate of drug-likeness (QED) is 0.775.